The maximum Gasteiger partial charge on any atom is 0.266 e. The molecule has 4 aromatic heterocycles. The number of fused-ring (bicyclic) bond motifs is 1. The molecular weight excluding hydrogens is 368 g/mol. The van der Waals surface area contributed by atoms with Gasteiger partial charge in [0, 0.05) is 31.8 Å². The molecule has 0 aliphatic carbocycles. The molecule has 1 aliphatic heterocycles. The zero-order valence-electron chi connectivity index (χ0n) is 16.1. The summed E-state index contributed by atoms with van der Waals surface area (Å²) in [5.41, 5.74) is 3.80. The summed E-state index contributed by atoms with van der Waals surface area (Å²) in [5, 5.41) is 12.3. The molecule has 8 nitrogen and oxygen atoms in total. The first kappa shape index (κ1) is 17.5. The minimum atomic E-state index is 0.0529. The third-order valence-electron chi connectivity index (χ3n) is 5.22. The van der Waals surface area contributed by atoms with Crippen molar-refractivity contribution in [1.29, 1.82) is 0 Å². The fraction of sp³-hybridized carbons (Fsp3) is 0.286. The zero-order chi connectivity index (χ0) is 19.8. The first-order chi connectivity index (χ1) is 14.2. The van der Waals surface area contributed by atoms with Gasteiger partial charge in [-0.05, 0) is 43.5 Å². The van der Waals surface area contributed by atoms with Gasteiger partial charge in [-0.25, -0.2) is 4.52 Å². The van der Waals surface area contributed by atoms with E-state index in [1.165, 1.54) is 6.42 Å². The summed E-state index contributed by atoms with van der Waals surface area (Å²) in [7, 11) is 0. The van der Waals surface area contributed by atoms with Gasteiger partial charge in [0.15, 0.2) is 0 Å². The van der Waals surface area contributed by atoms with E-state index in [1.54, 1.807) is 23.8 Å². The molecule has 0 bridgehead atoms. The number of piperidine rings is 1. The molecule has 1 aliphatic rings. The van der Waals surface area contributed by atoms with E-state index >= 15 is 0 Å². The number of pyridine rings is 2. The summed E-state index contributed by atoms with van der Waals surface area (Å²) in [6.07, 6.45) is 6.73. The Morgan fingerprint density at radius 2 is 1.90 bits per heavy atom. The minimum absolute atomic E-state index is 0.0529. The second-order valence-electron chi connectivity index (χ2n) is 7.18. The van der Waals surface area contributed by atoms with Gasteiger partial charge in [0.25, 0.3) is 11.8 Å². The lowest BCUT2D eigenvalue weighted by atomic mass is 10.1. The van der Waals surface area contributed by atoms with E-state index in [-0.39, 0.29) is 5.91 Å². The van der Waals surface area contributed by atoms with Gasteiger partial charge in [-0.1, -0.05) is 6.07 Å². The number of carbonyl (C=O) groups is 1. The summed E-state index contributed by atoms with van der Waals surface area (Å²) in [4.78, 5) is 19.3. The molecule has 1 amide bonds. The summed E-state index contributed by atoms with van der Waals surface area (Å²) < 4.78 is 7.22. The third-order valence-corrected chi connectivity index (χ3v) is 5.22. The van der Waals surface area contributed by atoms with Crippen molar-refractivity contribution in [3.8, 4) is 22.8 Å². The molecule has 146 valence electrons. The number of nitrogens with zero attached hydrogens (tertiary/aromatic N) is 6. The predicted octanol–water partition coefficient (Wildman–Crippen LogP) is 3.38. The van der Waals surface area contributed by atoms with E-state index in [0.29, 0.717) is 23.0 Å². The molecule has 0 saturated carbocycles. The van der Waals surface area contributed by atoms with Crippen molar-refractivity contribution in [3.63, 3.8) is 0 Å². The monoisotopic (exact) mass is 388 g/mol. The van der Waals surface area contributed by atoms with Crippen LogP contribution in [0.1, 0.15) is 35.5 Å². The van der Waals surface area contributed by atoms with Crippen LogP contribution >= 0.6 is 0 Å². The Bertz CT molecular complexity index is 1170. The van der Waals surface area contributed by atoms with Gasteiger partial charge in [0.2, 0.25) is 5.89 Å². The van der Waals surface area contributed by atoms with Crippen LogP contribution < -0.4 is 0 Å². The second-order valence-corrected chi connectivity index (χ2v) is 7.18. The minimum Gasteiger partial charge on any atom is -0.420 e. The molecule has 0 spiro atoms. The van der Waals surface area contributed by atoms with E-state index < -0.39 is 0 Å². The predicted molar refractivity (Wildman–Crippen MR) is 106 cm³/mol. The van der Waals surface area contributed by atoms with Gasteiger partial charge >= 0.3 is 0 Å². The van der Waals surface area contributed by atoms with Crippen LogP contribution in [-0.2, 0) is 0 Å². The summed E-state index contributed by atoms with van der Waals surface area (Å²) >= 11 is 0. The quantitative estimate of drug-likeness (QED) is 0.534. The Morgan fingerprint density at radius 1 is 1.03 bits per heavy atom. The van der Waals surface area contributed by atoms with Gasteiger partial charge in [0.1, 0.15) is 5.69 Å². The number of likely N-dealkylation sites (tertiary alicyclic amines) is 1. The normalized spacial score (nSPS) is 14.4. The average Bonchev–Trinajstić information content (AvgIpc) is 3.40. The standard InChI is InChI=1S/C21H20N6O2/c1-14-24-25-20(29-14)17-9-8-15(12-22-17)18-6-5-7-19-16(13-23-27(18)19)21(28)26-10-3-2-4-11-26/h5-9,12-13H,2-4,10-11H2,1H3. The highest BCUT2D eigenvalue weighted by Gasteiger charge is 2.22. The van der Waals surface area contributed by atoms with Crippen molar-refractivity contribution in [2.75, 3.05) is 13.1 Å². The van der Waals surface area contributed by atoms with Gasteiger partial charge in [-0.15, -0.1) is 10.2 Å². The molecule has 1 fully saturated rings. The van der Waals surface area contributed by atoms with Crippen LogP contribution in [0.15, 0.2) is 47.1 Å². The molecule has 0 atom stereocenters. The highest BCUT2D eigenvalue weighted by Crippen LogP contribution is 2.25. The lowest BCUT2D eigenvalue weighted by Gasteiger charge is -2.26. The Labute approximate surface area is 167 Å². The average molecular weight is 388 g/mol. The molecule has 0 radical (unpaired) electrons. The Kier molecular flexibility index (Phi) is 4.31. The van der Waals surface area contributed by atoms with E-state index in [4.69, 9.17) is 4.42 Å². The maximum absolute atomic E-state index is 13.0. The molecule has 1 saturated heterocycles. The van der Waals surface area contributed by atoms with Crippen LogP contribution in [0.25, 0.3) is 28.4 Å². The lowest BCUT2D eigenvalue weighted by molar-refractivity contribution is 0.0726. The zero-order valence-corrected chi connectivity index (χ0v) is 16.1. The highest BCUT2D eigenvalue weighted by molar-refractivity contribution is 6.01. The summed E-state index contributed by atoms with van der Waals surface area (Å²) in [6, 6.07) is 9.60. The number of hydrogen-bond acceptors (Lipinski definition) is 6. The maximum atomic E-state index is 13.0. The first-order valence-corrected chi connectivity index (χ1v) is 9.73. The molecule has 8 heteroatoms. The van der Waals surface area contributed by atoms with Crippen LogP contribution in [0.2, 0.25) is 0 Å². The second kappa shape index (κ2) is 7.12. The summed E-state index contributed by atoms with van der Waals surface area (Å²) in [6.45, 7) is 3.37. The fourth-order valence-corrected chi connectivity index (χ4v) is 3.73. The van der Waals surface area contributed by atoms with Gasteiger partial charge < -0.3 is 9.32 Å². The van der Waals surface area contributed by atoms with E-state index in [9.17, 15) is 4.79 Å². The lowest BCUT2D eigenvalue weighted by Crippen LogP contribution is -2.35. The fourth-order valence-electron chi connectivity index (χ4n) is 3.73. The van der Waals surface area contributed by atoms with Crippen LogP contribution in [-0.4, -0.2) is 48.7 Å². The van der Waals surface area contributed by atoms with Crippen LogP contribution in [0.4, 0.5) is 0 Å². The number of carbonyl (C=O) groups excluding carboxylic acids is 1. The van der Waals surface area contributed by atoms with E-state index in [2.05, 4.69) is 20.3 Å². The Hall–Kier alpha value is -3.55. The van der Waals surface area contributed by atoms with Gasteiger partial charge in [-0.2, -0.15) is 5.10 Å². The largest absolute Gasteiger partial charge is 0.420 e. The van der Waals surface area contributed by atoms with Crippen molar-refractivity contribution in [3.05, 3.63) is 54.2 Å². The number of rotatable bonds is 3. The third kappa shape index (κ3) is 3.16. The van der Waals surface area contributed by atoms with E-state index in [0.717, 1.165) is 42.7 Å². The molecule has 0 aromatic carbocycles. The molecule has 29 heavy (non-hydrogen) atoms. The molecule has 5 rings (SSSR count). The van der Waals surface area contributed by atoms with E-state index in [1.807, 2.05) is 35.2 Å². The topological polar surface area (TPSA) is 89.4 Å². The summed E-state index contributed by atoms with van der Waals surface area (Å²) in [5.74, 6) is 0.941. The number of aromatic nitrogens is 5. The van der Waals surface area contributed by atoms with Crippen molar-refractivity contribution < 1.29 is 9.21 Å². The SMILES string of the molecule is Cc1nnc(-c2ccc(-c3cccc4c(C(=O)N5CCCCC5)cnn34)cn2)o1. The van der Waals surface area contributed by atoms with Crippen molar-refractivity contribution >= 4 is 11.4 Å². The molecule has 0 unspecified atom stereocenters. The number of amides is 1. The number of hydrogen-bond donors (Lipinski definition) is 0. The van der Waals surface area contributed by atoms with Gasteiger partial charge in [0.05, 0.1) is 23.0 Å². The van der Waals surface area contributed by atoms with Crippen LogP contribution in [0.5, 0.6) is 0 Å². The Morgan fingerprint density at radius 3 is 2.62 bits per heavy atom. The van der Waals surface area contributed by atoms with Crippen molar-refractivity contribution in [2.24, 2.45) is 0 Å². The highest BCUT2D eigenvalue weighted by atomic mass is 16.4. The van der Waals surface area contributed by atoms with Crippen molar-refractivity contribution in [1.82, 2.24) is 29.7 Å². The molecular formula is C21H20N6O2. The molecule has 0 N–H and O–H groups in total. The number of aryl methyl sites for hydroxylation is 1. The Balaban J connectivity index is 1.49. The molecule has 5 heterocycles. The first-order valence-electron chi connectivity index (χ1n) is 9.73. The van der Waals surface area contributed by atoms with Crippen molar-refractivity contribution in [2.45, 2.75) is 26.2 Å². The smallest absolute Gasteiger partial charge is 0.266 e. The van der Waals surface area contributed by atoms with Gasteiger partial charge in [-0.3, -0.25) is 9.78 Å². The van der Waals surface area contributed by atoms with Crippen LogP contribution in [0, 0.1) is 6.92 Å². The van der Waals surface area contributed by atoms with Crippen LogP contribution in [0.3, 0.4) is 0 Å². The molecule has 4 aromatic rings.